The first kappa shape index (κ1) is 10.9. The summed E-state index contributed by atoms with van der Waals surface area (Å²) in [6.45, 7) is 4.87. The van der Waals surface area contributed by atoms with Gasteiger partial charge in [-0.15, -0.1) is 0 Å². The molecule has 2 atom stereocenters. The number of piperidine rings is 1. The van der Waals surface area contributed by atoms with E-state index < -0.39 is 0 Å². The topological polar surface area (TPSA) is 32.3 Å². The number of ketones is 1. The molecule has 17 heavy (non-hydrogen) atoms. The highest BCUT2D eigenvalue weighted by Gasteiger charge is 2.36. The summed E-state index contributed by atoms with van der Waals surface area (Å²) >= 11 is 0. The Morgan fingerprint density at radius 3 is 2.76 bits per heavy atom. The average molecular weight is 230 g/mol. The molecule has 3 fully saturated rings. The van der Waals surface area contributed by atoms with Crippen LogP contribution in [0.15, 0.2) is 24.3 Å². The second-order valence-corrected chi connectivity index (χ2v) is 5.25. The van der Waals surface area contributed by atoms with Gasteiger partial charge in [0.25, 0.3) is 0 Å². The number of Topliss-reactive ketones (excluding diaryl/α,β-unsaturated/α-hetero) is 1. The lowest BCUT2D eigenvalue weighted by Gasteiger charge is -2.48. The molecule has 3 saturated heterocycles. The van der Waals surface area contributed by atoms with Gasteiger partial charge >= 0.3 is 0 Å². The van der Waals surface area contributed by atoms with Crippen molar-refractivity contribution in [2.75, 3.05) is 13.1 Å². The van der Waals surface area contributed by atoms with Gasteiger partial charge in [0, 0.05) is 37.3 Å². The predicted molar refractivity (Wildman–Crippen MR) is 67.1 cm³/mol. The highest BCUT2D eigenvalue weighted by atomic mass is 16.1. The Labute approximate surface area is 102 Å². The fourth-order valence-electron chi connectivity index (χ4n) is 2.88. The Morgan fingerprint density at radius 2 is 2.12 bits per heavy atom. The Balaban J connectivity index is 1.68. The Hall–Kier alpha value is -1.19. The number of rotatable bonds is 3. The van der Waals surface area contributed by atoms with Gasteiger partial charge in [0.15, 0.2) is 5.78 Å². The number of nitrogens with zero attached hydrogens (tertiary/aromatic N) is 1. The summed E-state index contributed by atoms with van der Waals surface area (Å²) in [6.07, 6.45) is 1.34. The summed E-state index contributed by atoms with van der Waals surface area (Å²) in [4.78, 5) is 13.8. The fourth-order valence-corrected chi connectivity index (χ4v) is 2.88. The molecular weight excluding hydrogens is 212 g/mol. The molecule has 1 aromatic rings. The van der Waals surface area contributed by atoms with Crippen molar-refractivity contribution in [3.05, 3.63) is 35.4 Å². The van der Waals surface area contributed by atoms with Crippen molar-refractivity contribution in [2.24, 2.45) is 0 Å². The molecule has 2 unspecified atom stereocenters. The third-order valence-corrected chi connectivity index (χ3v) is 3.74. The van der Waals surface area contributed by atoms with E-state index in [-0.39, 0.29) is 5.78 Å². The first-order valence-electron chi connectivity index (χ1n) is 6.29. The molecule has 3 nitrogen and oxygen atoms in total. The van der Waals surface area contributed by atoms with Gasteiger partial charge in [-0.1, -0.05) is 18.2 Å². The third-order valence-electron chi connectivity index (χ3n) is 3.74. The minimum Gasteiger partial charge on any atom is -0.309 e. The van der Waals surface area contributed by atoms with Crippen LogP contribution in [-0.4, -0.2) is 35.9 Å². The monoisotopic (exact) mass is 230 g/mol. The maximum absolute atomic E-state index is 11.3. The van der Waals surface area contributed by atoms with Crippen LogP contribution in [0.1, 0.15) is 29.3 Å². The first-order chi connectivity index (χ1) is 8.20. The molecule has 4 rings (SSSR count). The molecule has 3 aliphatic heterocycles. The maximum Gasteiger partial charge on any atom is 0.159 e. The number of piperazine rings is 1. The average Bonchev–Trinajstić information content (AvgIpc) is 2.28. The van der Waals surface area contributed by atoms with E-state index >= 15 is 0 Å². The lowest BCUT2D eigenvalue weighted by molar-refractivity contribution is 0.0725. The van der Waals surface area contributed by atoms with Crippen LogP contribution in [0.5, 0.6) is 0 Å². The first-order valence-corrected chi connectivity index (χ1v) is 6.29. The van der Waals surface area contributed by atoms with Gasteiger partial charge in [-0.3, -0.25) is 9.69 Å². The maximum atomic E-state index is 11.3. The SMILES string of the molecule is CC(=O)c1cccc(CN2CC3CC(C2)N3)c1. The number of carbonyl (C=O) groups excluding carboxylic acids is 1. The second-order valence-electron chi connectivity index (χ2n) is 5.25. The molecule has 1 aromatic carbocycles. The zero-order chi connectivity index (χ0) is 11.8. The minimum atomic E-state index is 0.148. The number of benzene rings is 1. The van der Waals surface area contributed by atoms with E-state index in [1.165, 1.54) is 12.0 Å². The Morgan fingerprint density at radius 1 is 1.41 bits per heavy atom. The van der Waals surface area contributed by atoms with Crippen LogP contribution in [0.25, 0.3) is 0 Å². The zero-order valence-corrected chi connectivity index (χ0v) is 10.1. The van der Waals surface area contributed by atoms with Crippen molar-refractivity contribution in [1.82, 2.24) is 10.2 Å². The quantitative estimate of drug-likeness (QED) is 0.797. The molecule has 0 amide bonds. The van der Waals surface area contributed by atoms with E-state index in [1.807, 2.05) is 18.2 Å². The highest BCUT2D eigenvalue weighted by molar-refractivity contribution is 5.94. The number of fused-ring (bicyclic) bond motifs is 2. The van der Waals surface area contributed by atoms with Gasteiger partial charge < -0.3 is 5.32 Å². The molecule has 3 heterocycles. The third kappa shape index (κ3) is 2.26. The van der Waals surface area contributed by atoms with Gasteiger partial charge in [0.05, 0.1) is 0 Å². The largest absolute Gasteiger partial charge is 0.309 e. The van der Waals surface area contributed by atoms with Crippen molar-refractivity contribution in [3.8, 4) is 0 Å². The normalized spacial score (nSPS) is 27.6. The number of carbonyl (C=O) groups is 1. The highest BCUT2D eigenvalue weighted by Crippen LogP contribution is 2.22. The van der Waals surface area contributed by atoms with Crippen molar-refractivity contribution in [3.63, 3.8) is 0 Å². The molecule has 2 bridgehead atoms. The molecule has 90 valence electrons. The van der Waals surface area contributed by atoms with E-state index in [4.69, 9.17) is 0 Å². The molecular formula is C14H18N2O. The summed E-state index contributed by atoms with van der Waals surface area (Å²) in [7, 11) is 0. The molecule has 1 N–H and O–H groups in total. The molecule has 0 aromatic heterocycles. The minimum absolute atomic E-state index is 0.148. The van der Waals surface area contributed by atoms with Crippen LogP contribution in [0, 0.1) is 0 Å². The zero-order valence-electron chi connectivity index (χ0n) is 10.1. The molecule has 0 spiro atoms. The van der Waals surface area contributed by atoms with Gasteiger partial charge in [0.2, 0.25) is 0 Å². The molecule has 3 heteroatoms. The summed E-state index contributed by atoms with van der Waals surface area (Å²) in [5.41, 5.74) is 2.07. The van der Waals surface area contributed by atoms with Gasteiger partial charge in [0.1, 0.15) is 0 Å². The molecule has 0 saturated carbocycles. The van der Waals surface area contributed by atoms with Crippen LogP contribution >= 0.6 is 0 Å². The van der Waals surface area contributed by atoms with Crippen molar-refractivity contribution < 1.29 is 4.79 Å². The van der Waals surface area contributed by atoms with E-state index in [9.17, 15) is 4.79 Å². The van der Waals surface area contributed by atoms with E-state index in [0.717, 1.165) is 25.2 Å². The number of hydrogen-bond acceptors (Lipinski definition) is 3. The van der Waals surface area contributed by atoms with E-state index in [0.29, 0.717) is 12.1 Å². The van der Waals surface area contributed by atoms with Crippen LogP contribution in [-0.2, 0) is 6.54 Å². The van der Waals surface area contributed by atoms with Crippen molar-refractivity contribution >= 4 is 5.78 Å². The van der Waals surface area contributed by atoms with Crippen molar-refractivity contribution in [1.29, 1.82) is 0 Å². The van der Waals surface area contributed by atoms with Crippen LogP contribution in [0.4, 0.5) is 0 Å². The van der Waals surface area contributed by atoms with E-state index in [1.54, 1.807) is 6.92 Å². The van der Waals surface area contributed by atoms with E-state index in [2.05, 4.69) is 16.3 Å². The van der Waals surface area contributed by atoms with Gasteiger partial charge in [-0.05, 0) is 25.0 Å². The fraction of sp³-hybridized carbons (Fsp3) is 0.500. The molecule has 0 aliphatic carbocycles. The van der Waals surface area contributed by atoms with Gasteiger partial charge in [-0.25, -0.2) is 0 Å². The van der Waals surface area contributed by atoms with Crippen molar-refractivity contribution in [2.45, 2.75) is 32.0 Å². The Kier molecular flexibility index (Phi) is 2.73. The van der Waals surface area contributed by atoms with Crippen LogP contribution in [0.2, 0.25) is 0 Å². The molecule has 3 aliphatic rings. The van der Waals surface area contributed by atoms with Crippen LogP contribution in [0.3, 0.4) is 0 Å². The Bertz CT molecular complexity index is 428. The smallest absolute Gasteiger partial charge is 0.159 e. The lowest BCUT2D eigenvalue weighted by Crippen LogP contribution is -2.66. The summed E-state index contributed by atoms with van der Waals surface area (Å²) in [5, 5.41) is 3.53. The number of hydrogen-bond donors (Lipinski definition) is 1. The summed E-state index contributed by atoms with van der Waals surface area (Å²) < 4.78 is 0. The van der Waals surface area contributed by atoms with Gasteiger partial charge in [-0.2, -0.15) is 0 Å². The second kappa shape index (κ2) is 4.24. The summed E-state index contributed by atoms with van der Waals surface area (Å²) in [5.74, 6) is 0.148. The predicted octanol–water partition coefficient (Wildman–Crippen LogP) is 1.44. The number of nitrogens with one attached hydrogen (secondary N) is 1. The lowest BCUT2D eigenvalue weighted by atomic mass is 9.91. The summed E-state index contributed by atoms with van der Waals surface area (Å²) in [6, 6.07) is 9.40. The standard InChI is InChI=1S/C14H18N2O/c1-10(17)12-4-2-3-11(5-12)7-16-8-13-6-14(9-16)15-13/h2-5,13-15H,6-9H2,1H3. The molecule has 0 radical (unpaired) electrons. The van der Waals surface area contributed by atoms with Crippen LogP contribution < -0.4 is 5.32 Å².